The predicted octanol–water partition coefficient (Wildman–Crippen LogP) is 2.54. The molecular weight excluding hydrogens is 314 g/mol. The van der Waals surface area contributed by atoms with E-state index in [1.807, 2.05) is 0 Å². The smallest absolute Gasteiger partial charge is 0.264 e. The molecular formula is C20H39N3O2. The van der Waals surface area contributed by atoms with Crippen molar-refractivity contribution in [2.45, 2.75) is 73.3 Å². The Morgan fingerprint density at radius 3 is 2.40 bits per heavy atom. The van der Waals surface area contributed by atoms with Gasteiger partial charge in [-0.3, -0.25) is 9.97 Å². The number of hydrogen-bond donors (Lipinski definition) is 2. The molecule has 0 radical (unpaired) electrons. The number of carbonyl (C=O) groups is 1. The fraction of sp³-hybridized carbons (Fsp3) is 0.850. The number of amides is 1. The average Bonchev–Trinajstić information content (AvgIpc) is 2.48. The maximum Gasteiger partial charge on any atom is 0.264 e. The Bertz CT molecular complexity index is 474. The van der Waals surface area contributed by atoms with Crippen LogP contribution in [-0.2, 0) is 4.79 Å². The summed E-state index contributed by atoms with van der Waals surface area (Å²) in [5, 5.41) is 16.9. The second-order valence-electron chi connectivity index (χ2n) is 9.61. The molecule has 5 nitrogen and oxygen atoms in total. The monoisotopic (exact) mass is 353 g/mol. The van der Waals surface area contributed by atoms with Crippen LogP contribution in [0.5, 0.6) is 0 Å². The van der Waals surface area contributed by atoms with Gasteiger partial charge in [-0.05, 0) is 50.9 Å². The van der Waals surface area contributed by atoms with E-state index in [9.17, 15) is 10.0 Å². The molecule has 0 fully saturated rings. The quantitative estimate of drug-likeness (QED) is 0.570. The Balaban J connectivity index is 2.77. The second-order valence-corrected chi connectivity index (χ2v) is 9.61. The van der Waals surface area contributed by atoms with Crippen LogP contribution in [0, 0.1) is 22.5 Å². The van der Waals surface area contributed by atoms with E-state index >= 15 is 0 Å². The van der Waals surface area contributed by atoms with E-state index in [2.05, 4.69) is 52.9 Å². The highest BCUT2D eigenvalue weighted by atomic mass is 16.6. The number of allylic oxidation sites excluding steroid dienone is 1. The number of rotatable bonds is 6. The van der Waals surface area contributed by atoms with E-state index in [1.54, 1.807) is 7.05 Å². The van der Waals surface area contributed by atoms with Crippen LogP contribution in [0.4, 0.5) is 0 Å². The molecule has 3 atom stereocenters. The highest BCUT2D eigenvalue weighted by Gasteiger charge is 2.32. The molecule has 146 valence electrons. The van der Waals surface area contributed by atoms with Crippen LogP contribution in [0.1, 0.15) is 67.7 Å². The van der Waals surface area contributed by atoms with Crippen molar-refractivity contribution in [2.75, 3.05) is 20.1 Å². The normalized spacial score (nSPS) is 23.2. The lowest BCUT2D eigenvalue weighted by Gasteiger charge is -2.39. The van der Waals surface area contributed by atoms with Crippen LogP contribution in [-0.4, -0.2) is 36.6 Å². The van der Waals surface area contributed by atoms with E-state index in [1.165, 1.54) is 17.5 Å². The van der Waals surface area contributed by atoms with Gasteiger partial charge in [0.05, 0.1) is 7.05 Å². The molecule has 3 unspecified atom stereocenters. The molecule has 0 heterocycles. The minimum Gasteiger partial charge on any atom is -0.608 e. The minimum atomic E-state index is -0.193. The van der Waals surface area contributed by atoms with Crippen molar-refractivity contribution >= 4 is 5.91 Å². The van der Waals surface area contributed by atoms with Gasteiger partial charge < -0.3 is 10.5 Å². The van der Waals surface area contributed by atoms with Crippen LogP contribution in [0.3, 0.4) is 0 Å². The third-order valence-electron chi connectivity index (χ3n) is 5.34. The molecule has 0 aromatic heterocycles. The SMILES string of the molecule is CC(=O)N(C)[NH+]([O-])CCC1=CCC(C(C)(C)C)CC1CNC(C)(C)C. The van der Waals surface area contributed by atoms with Crippen molar-refractivity contribution in [1.82, 2.24) is 10.3 Å². The fourth-order valence-electron chi connectivity index (χ4n) is 3.30. The summed E-state index contributed by atoms with van der Waals surface area (Å²) in [7, 11) is 1.56. The van der Waals surface area contributed by atoms with E-state index in [-0.39, 0.29) is 16.6 Å². The Labute approximate surface area is 154 Å². The van der Waals surface area contributed by atoms with Crippen molar-refractivity contribution in [1.29, 1.82) is 0 Å². The summed E-state index contributed by atoms with van der Waals surface area (Å²) in [5.41, 5.74) is 1.76. The van der Waals surface area contributed by atoms with Gasteiger partial charge in [0.2, 0.25) is 0 Å². The molecule has 0 saturated heterocycles. The van der Waals surface area contributed by atoms with Crippen molar-refractivity contribution in [3.05, 3.63) is 16.9 Å². The third kappa shape index (κ3) is 7.47. The molecule has 1 amide bonds. The number of quaternary nitrogens is 1. The Hall–Kier alpha value is -0.910. The lowest BCUT2D eigenvalue weighted by atomic mass is 9.69. The number of carbonyl (C=O) groups excluding carboxylic acids is 1. The predicted molar refractivity (Wildman–Crippen MR) is 104 cm³/mol. The largest absolute Gasteiger partial charge is 0.608 e. The maximum atomic E-state index is 12.1. The molecule has 5 heteroatoms. The van der Waals surface area contributed by atoms with Gasteiger partial charge in [-0.25, -0.2) is 0 Å². The first-order chi connectivity index (χ1) is 11.3. The van der Waals surface area contributed by atoms with Gasteiger partial charge in [0.25, 0.3) is 5.91 Å². The summed E-state index contributed by atoms with van der Waals surface area (Å²) in [6.07, 6.45) is 5.36. The molecule has 1 aliphatic rings. The van der Waals surface area contributed by atoms with Crippen LogP contribution in [0.25, 0.3) is 0 Å². The van der Waals surface area contributed by atoms with Gasteiger partial charge in [0.1, 0.15) is 6.54 Å². The second kappa shape index (κ2) is 8.65. The first kappa shape index (κ1) is 22.1. The van der Waals surface area contributed by atoms with E-state index < -0.39 is 0 Å². The average molecular weight is 354 g/mol. The molecule has 25 heavy (non-hydrogen) atoms. The van der Waals surface area contributed by atoms with Crippen molar-refractivity contribution in [3.8, 4) is 0 Å². The summed E-state index contributed by atoms with van der Waals surface area (Å²) in [6, 6.07) is 0. The third-order valence-corrected chi connectivity index (χ3v) is 5.34. The molecule has 0 aliphatic heterocycles. The van der Waals surface area contributed by atoms with Gasteiger partial charge in [-0.15, -0.1) is 0 Å². The van der Waals surface area contributed by atoms with Gasteiger partial charge >= 0.3 is 0 Å². The zero-order chi connectivity index (χ0) is 19.4. The van der Waals surface area contributed by atoms with Crippen molar-refractivity contribution < 1.29 is 9.97 Å². The zero-order valence-corrected chi connectivity index (χ0v) is 17.5. The summed E-state index contributed by atoms with van der Waals surface area (Å²) in [6.45, 7) is 16.3. The lowest BCUT2D eigenvalue weighted by Crippen LogP contribution is -3.14. The molecule has 1 aliphatic carbocycles. The van der Waals surface area contributed by atoms with Crippen molar-refractivity contribution in [3.63, 3.8) is 0 Å². The van der Waals surface area contributed by atoms with Gasteiger partial charge in [-0.2, -0.15) is 5.01 Å². The summed E-state index contributed by atoms with van der Waals surface area (Å²) < 4.78 is 0. The zero-order valence-electron chi connectivity index (χ0n) is 17.5. The molecule has 1 rings (SSSR count). The molecule has 0 saturated carbocycles. The minimum absolute atomic E-state index is 0.0878. The molecule has 0 bridgehead atoms. The Morgan fingerprint density at radius 2 is 1.92 bits per heavy atom. The number of hydrogen-bond acceptors (Lipinski definition) is 3. The first-order valence-electron chi connectivity index (χ1n) is 9.52. The van der Waals surface area contributed by atoms with E-state index in [4.69, 9.17) is 0 Å². The van der Waals surface area contributed by atoms with Gasteiger partial charge in [0, 0.05) is 25.4 Å². The number of nitrogens with one attached hydrogen (secondary N) is 2. The molecule has 0 spiro atoms. The molecule has 2 N–H and O–H groups in total. The topological polar surface area (TPSA) is 59.8 Å². The van der Waals surface area contributed by atoms with Crippen LogP contribution in [0.15, 0.2) is 11.6 Å². The first-order valence-corrected chi connectivity index (χ1v) is 9.52. The number of nitrogens with zero attached hydrogens (tertiary/aromatic N) is 1. The summed E-state index contributed by atoms with van der Waals surface area (Å²) in [5.74, 6) is 0.938. The van der Waals surface area contributed by atoms with Gasteiger partial charge in [-0.1, -0.05) is 32.4 Å². The highest BCUT2D eigenvalue weighted by molar-refractivity contribution is 5.71. The van der Waals surface area contributed by atoms with E-state index in [0.717, 1.165) is 25.8 Å². The maximum absolute atomic E-state index is 12.1. The summed E-state index contributed by atoms with van der Waals surface area (Å²) >= 11 is 0. The molecule has 0 aromatic rings. The lowest BCUT2D eigenvalue weighted by molar-refractivity contribution is -0.954. The highest BCUT2D eigenvalue weighted by Crippen LogP contribution is 2.40. The standard InChI is InChI=1S/C20H39N3O2/c1-15(24)22(8)23(25)12-11-16-9-10-18(19(2,3)4)13-17(16)14-21-20(5,6)7/h9,17-18,21,23H,10-14H2,1-8H3. The van der Waals surface area contributed by atoms with Gasteiger partial charge in [0.15, 0.2) is 0 Å². The van der Waals surface area contributed by atoms with Crippen LogP contribution in [0.2, 0.25) is 0 Å². The fourth-order valence-corrected chi connectivity index (χ4v) is 3.30. The van der Waals surface area contributed by atoms with Crippen LogP contribution >= 0.6 is 0 Å². The van der Waals surface area contributed by atoms with Crippen molar-refractivity contribution in [2.24, 2.45) is 17.3 Å². The summed E-state index contributed by atoms with van der Waals surface area (Å²) in [4.78, 5) is 11.3. The number of hydroxylamine groups is 1. The Morgan fingerprint density at radius 1 is 1.32 bits per heavy atom. The molecule has 0 aromatic carbocycles. The van der Waals surface area contributed by atoms with E-state index in [0.29, 0.717) is 23.8 Å². The Kier molecular flexibility index (Phi) is 7.66. The van der Waals surface area contributed by atoms with Crippen LogP contribution < -0.4 is 10.5 Å².